The molecule has 14 heteroatoms. The number of fused-ring (bicyclic) bond motifs is 4. The summed E-state index contributed by atoms with van der Waals surface area (Å²) in [6.07, 6.45) is -4.33. The highest BCUT2D eigenvalue weighted by molar-refractivity contribution is 5.78. The third-order valence-corrected chi connectivity index (χ3v) is 10.6. The van der Waals surface area contributed by atoms with Crippen LogP contribution in [0.1, 0.15) is 22.6 Å². The maximum atomic E-state index is 13.5. The van der Waals surface area contributed by atoms with Crippen molar-refractivity contribution in [2.75, 3.05) is 41.7 Å². The van der Waals surface area contributed by atoms with E-state index in [1.54, 1.807) is 54.8 Å². The standard InChI is InChI=1S/C34H38O13.C8H6O/c1-40-20-12-10-19(11-13-20)34-27(18-8-6-5-7-9-18)26(30(38)42-3)29(37)33(34,39)28-23(41-2)14-21(15-24(28)47-34)45-32-31(43-4)44-17-25(46-32)22(36)16-35;1-2-4-8-7(3-1)5-6-9-8/h5-15,22,25-27,29,31-32,35-37,39H,16-17H2,1-4H3;1-6H/t22-,25-,26-,27-,29-,31-,32-,33+,34+;/m1./s1. The fraction of sp³-hybridized carbons (Fsp3) is 0.357. The van der Waals surface area contributed by atoms with Crippen molar-refractivity contribution in [1.29, 1.82) is 0 Å². The van der Waals surface area contributed by atoms with Crippen molar-refractivity contribution in [3.63, 3.8) is 0 Å². The molecule has 3 aliphatic rings. The summed E-state index contributed by atoms with van der Waals surface area (Å²) in [6, 6.07) is 28.7. The first-order chi connectivity index (χ1) is 27.1. The lowest BCUT2D eigenvalue weighted by Gasteiger charge is -2.40. The molecule has 5 aromatic rings. The molecule has 4 N–H and O–H groups in total. The van der Waals surface area contributed by atoms with Gasteiger partial charge >= 0.3 is 5.97 Å². The molecule has 3 heterocycles. The van der Waals surface area contributed by atoms with E-state index in [2.05, 4.69) is 0 Å². The van der Waals surface area contributed by atoms with E-state index in [1.807, 2.05) is 36.4 Å². The number of hydrogen-bond donors (Lipinski definition) is 4. The van der Waals surface area contributed by atoms with Crippen molar-refractivity contribution in [3.8, 4) is 23.0 Å². The monoisotopic (exact) mass is 772 g/mol. The van der Waals surface area contributed by atoms with Crippen LogP contribution in [0.4, 0.5) is 0 Å². The number of esters is 1. The number of aliphatic hydroxyl groups excluding tert-OH is 3. The predicted molar refractivity (Wildman–Crippen MR) is 198 cm³/mol. The Labute approximate surface area is 322 Å². The van der Waals surface area contributed by atoms with Crippen LogP contribution in [0.5, 0.6) is 23.0 Å². The van der Waals surface area contributed by atoms with Crippen LogP contribution in [0.3, 0.4) is 0 Å². The zero-order valence-corrected chi connectivity index (χ0v) is 31.1. The lowest BCUT2D eigenvalue weighted by atomic mass is 9.70. The zero-order chi connectivity index (χ0) is 39.6. The normalized spacial score (nSPS) is 28.2. The van der Waals surface area contributed by atoms with E-state index in [-0.39, 0.29) is 29.4 Å². The molecule has 1 aliphatic carbocycles. The van der Waals surface area contributed by atoms with Crippen LogP contribution in [0, 0.1) is 5.92 Å². The van der Waals surface area contributed by atoms with Gasteiger partial charge in [0.1, 0.15) is 46.9 Å². The minimum atomic E-state index is -2.25. The number of aliphatic hydroxyl groups is 4. The average molecular weight is 773 g/mol. The molecule has 4 aromatic carbocycles. The van der Waals surface area contributed by atoms with Crippen molar-refractivity contribution in [2.24, 2.45) is 5.92 Å². The number of methoxy groups -OCH3 is 4. The predicted octanol–water partition coefficient (Wildman–Crippen LogP) is 4.01. The maximum absolute atomic E-state index is 13.5. The molecule has 2 fully saturated rings. The molecule has 9 atom stereocenters. The Bertz CT molecular complexity index is 2070. The molecule has 0 radical (unpaired) electrons. The van der Waals surface area contributed by atoms with Gasteiger partial charge in [0.15, 0.2) is 11.2 Å². The Morgan fingerprint density at radius 1 is 0.893 bits per heavy atom. The fourth-order valence-corrected chi connectivity index (χ4v) is 8.02. The molecular formula is C42H44O14. The van der Waals surface area contributed by atoms with Gasteiger partial charge in [-0.15, -0.1) is 0 Å². The van der Waals surface area contributed by atoms with E-state index in [1.165, 1.54) is 40.6 Å². The molecule has 0 amide bonds. The average Bonchev–Trinajstić information content (AvgIpc) is 3.88. The highest BCUT2D eigenvalue weighted by Gasteiger charge is 2.78. The van der Waals surface area contributed by atoms with Crippen LogP contribution in [-0.4, -0.2) is 98.9 Å². The van der Waals surface area contributed by atoms with Crippen LogP contribution in [0.2, 0.25) is 0 Å². The van der Waals surface area contributed by atoms with Gasteiger partial charge in [-0.25, -0.2) is 0 Å². The Morgan fingerprint density at radius 2 is 1.62 bits per heavy atom. The summed E-state index contributed by atoms with van der Waals surface area (Å²) >= 11 is 0. The summed E-state index contributed by atoms with van der Waals surface area (Å²) in [5, 5.41) is 45.9. The van der Waals surface area contributed by atoms with Gasteiger partial charge in [0, 0.05) is 30.5 Å². The van der Waals surface area contributed by atoms with Gasteiger partial charge in [0.25, 0.3) is 6.29 Å². The smallest absolute Gasteiger partial charge is 0.312 e. The molecule has 2 aliphatic heterocycles. The Balaban J connectivity index is 0.000000464. The van der Waals surface area contributed by atoms with Gasteiger partial charge in [-0.2, -0.15) is 0 Å². The van der Waals surface area contributed by atoms with E-state index in [9.17, 15) is 25.2 Å². The Hall–Kier alpha value is -5.19. The van der Waals surface area contributed by atoms with Crippen LogP contribution < -0.4 is 18.9 Å². The Kier molecular flexibility index (Phi) is 11.2. The zero-order valence-electron chi connectivity index (χ0n) is 31.1. The molecule has 1 aromatic heterocycles. The summed E-state index contributed by atoms with van der Waals surface area (Å²) < 4.78 is 51.3. The number of rotatable bonds is 10. The van der Waals surface area contributed by atoms with E-state index in [0.717, 1.165) is 11.0 Å². The summed E-state index contributed by atoms with van der Waals surface area (Å²) in [5.41, 5.74) is -1.93. The van der Waals surface area contributed by atoms with Gasteiger partial charge < -0.3 is 62.7 Å². The second kappa shape index (κ2) is 16.1. The van der Waals surface area contributed by atoms with Crippen molar-refractivity contribution < 1.29 is 67.5 Å². The first kappa shape index (κ1) is 39.1. The van der Waals surface area contributed by atoms with Gasteiger partial charge in [-0.3, -0.25) is 4.79 Å². The van der Waals surface area contributed by atoms with Crippen molar-refractivity contribution in [1.82, 2.24) is 0 Å². The van der Waals surface area contributed by atoms with Crippen LogP contribution in [0.15, 0.2) is 108 Å². The first-order valence-electron chi connectivity index (χ1n) is 17.9. The summed E-state index contributed by atoms with van der Waals surface area (Å²) in [6.45, 7) is -0.601. The van der Waals surface area contributed by atoms with Crippen LogP contribution in [-0.2, 0) is 34.9 Å². The topological polar surface area (TPSA) is 185 Å². The third kappa shape index (κ3) is 6.52. The van der Waals surface area contributed by atoms with E-state index in [4.69, 9.17) is 42.3 Å². The number of furan rings is 1. The highest BCUT2D eigenvalue weighted by Crippen LogP contribution is 2.70. The summed E-state index contributed by atoms with van der Waals surface area (Å²) in [7, 11) is 5.54. The number of hydrogen-bond acceptors (Lipinski definition) is 14. The van der Waals surface area contributed by atoms with Crippen LogP contribution >= 0.6 is 0 Å². The highest BCUT2D eigenvalue weighted by atomic mass is 16.8. The molecule has 0 spiro atoms. The largest absolute Gasteiger partial charge is 0.497 e. The maximum Gasteiger partial charge on any atom is 0.312 e. The van der Waals surface area contributed by atoms with E-state index < -0.39 is 66.5 Å². The number of ether oxygens (including phenoxy) is 8. The second-order valence-electron chi connectivity index (χ2n) is 13.5. The van der Waals surface area contributed by atoms with Crippen molar-refractivity contribution in [2.45, 2.75) is 48.0 Å². The quantitative estimate of drug-likeness (QED) is 0.149. The molecule has 0 unspecified atom stereocenters. The third-order valence-electron chi connectivity index (χ3n) is 10.6. The minimum Gasteiger partial charge on any atom is -0.497 e. The number of carbonyl (C=O) groups is 1. The van der Waals surface area contributed by atoms with Gasteiger partial charge in [0.2, 0.25) is 6.29 Å². The molecule has 296 valence electrons. The van der Waals surface area contributed by atoms with Gasteiger partial charge in [0.05, 0.1) is 52.3 Å². The fourth-order valence-electron chi connectivity index (χ4n) is 8.02. The lowest BCUT2D eigenvalue weighted by molar-refractivity contribution is -0.324. The summed E-state index contributed by atoms with van der Waals surface area (Å²) in [4.78, 5) is 13.5. The molecule has 8 rings (SSSR count). The lowest BCUT2D eigenvalue weighted by Crippen LogP contribution is -2.52. The number of benzene rings is 4. The van der Waals surface area contributed by atoms with Gasteiger partial charge in [-0.05, 0) is 35.4 Å². The second-order valence-corrected chi connectivity index (χ2v) is 13.5. The number of carbonyl (C=O) groups excluding carboxylic acids is 1. The first-order valence-corrected chi connectivity index (χ1v) is 17.9. The minimum absolute atomic E-state index is 0.0474. The Morgan fingerprint density at radius 3 is 2.29 bits per heavy atom. The molecule has 1 saturated carbocycles. The molecule has 56 heavy (non-hydrogen) atoms. The van der Waals surface area contributed by atoms with Gasteiger partial charge in [-0.1, -0.05) is 60.7 Å². The molecular weight excluding hydrogens is 728 g/mol. The SMILES string of the molecule is COC(=O)[C@H]1[C@@H](O)[C@@]2(O)c3c(OC)cc(O[C@@H]4O[C@@H]([C@H](O)CO)CO[C@H]4OC)cc3O[C@@]2(c2ccc(OC)cc2)[C@@H]1c1ccccc1.c1ccc2occc2c1. The van der Waals surface area contributed by atoms with Crippen LogP contribution in [0.25, 0.3) is 11.0 Å². The van der Waals surface area contributed by atoms with Crippen molar-refractivity contribution >= 4 is 16.9 Å². The van der Waals surface area contributed by atoms with Crippen molar-refractivity contribution in [3.05, 3.63) is 120 Å². The molecule has 1 saturated heterocycles. The van der Waals surface area contributed by atoms with E-state index in [0.29, 0.717) is 16.9 Å². The molecule has 0 bridgehead atoms. The number of para-hydroxylation sites is 1. The molecule has 14 nitrogen and oxygen atoms in total. The summed E-state index contributed by atoms with van der Waals surface area (Å²) in [5.74, 6) is -2.05. The van der Waals surface area contributed by atoms with E-state index >= 15 is 0 Å².